The van der Waals surface area contributed by atoms with E-state index in [0.29, 0.717) is 5.69 Å². The molecule has 24 heavy (non-hydrogen) atoms. The third-order valence-electron chi connectivity index (χ3n) is 3.45. The molecule has 0 spiro atoms. The van der Waals surface area contributed by atoms with Crippen LogP contribution in [0.4, 0.5) is 11.4 Å². The molecule has 0 aliphatic carbocycles. The van der Waals surface area contributed by atoms with Gasteiger partial charge in [-0.15, -0.1) is 0 Å². The number of nitrogens with zero attached hydrogens (tertiary/aromatic N) is 1. The van der Waals surface area contributed by atoms with Gasteiger partial charge in [0.25, 0.3) is 15.7 Å². The van der Waals surface area contributed by atoms with Crippen LogP contribution in [0.15, 0.2) is 47.4 Å². The predicted molar refractivity (Wildman–Crippen MR) is 91.0 cm³/mol. The van der Waals surface area contributed by atoms with Crippen LogP contribution >= 0.6 is 0 Å². The van der Waals surface area contributed by atoms with Crippen LogP contribution < -0.4 is 9.46 Å². The number of nitrogens with one attached hydrogen (secondary N) is 1. The number of benzene rings is 2. The van der Waals surface area contributed by atoms with Crippen LogP contribution in [0.3, 0.4) is 0 Å². The van der Waals surface area contributed by atoms with Crippen LogP contribution in [0.25, 0.3) is 0 Å². The lowest BCUT2D eigenvalue weighted by Gasteiger charge is -2.13. The van der Waals surface area contributed by atoms with Crippen molar-refractivity contribution in [2.75, 3.05) is 11.8 Å². The standard InChI is InChI=1S/C16H18N2O5S/c1-11(2)12-5-4-6-13(9-12)17-24(21,22)16-8-7-14(18(19)20)10-15(16)23-3/h4-11,17H,1-3H3. The highest BCUT2D eigenvalue weighted by atomic mass is 32.2. The summed E-state index contributed by atoms with van der Waals surface area (Å²) in [7, 11) is -2.68. The molecule has 0 saturated carbocycles. The number of methoxy groups -OCH3 is 1. The van der Waals surface area contributed by atoms with E-state index in [0.717, 1.165) is 23.8 Å². The Morgan fingerprint density at radius 2 is 1.88 bits per heavy atom. The molecule has 0 fully saturated rings. The minimum Gasteiger partial charge on any atom is -0.495 e. The smallest absolute Gasteiger partial charge is 0.273 e. The molecule has 0 atom stereocenters. The molecular formula is C16H18N2O5S. The van der Waals surface area contributed by atoms with Crippen molar-refractivity contribution in [2.45, 2.75) is 24.7 Å². The quantitative estimate of drug-likeness (QED) is 0.635. The summed E-state index contributed by atoms with van der Waals surface area (Å²) >= 11 is 0. The molecule has 1 N–H and O–H groups in total. The van der Waals surface area contributed by atoms with Gasteiger partial charge in [0.1, 0.15) is 10.6 Å². The lowest BCUT2D eigenvalue weighted by atomic mass is 10.0. The van der Waals surface area contributed by atoms with E-state index in [1.54, 1.807) is 18.2 Å². The second kappa shape index (κ2) is 6.88. The van der Waals surface area contributed by atoms with Gasteiger partial charge in [-0.05, 0) is 29.7 Å². The number of hydrogen-bond donors (Lipinski definition) is 1. The average Bonchev–Trinajstić information content (AvgIpc) is 2.53. The zero-order valence-corrected chi connectivity index (χ0v) is 14.3. The number of anilines is 1. The summed E-state index contributed by atoms with van der Waals surface area (Å²) in [5, 5.41) is 10.8. The fourth-order valence-corrected chi connectivity index (χ4v) is 3.36. The second-order valence-electron chi connectivity index (χ2n) is 5.48. The van der Waals surface area contributed by atoms with Gasteiger partial charge in [0.2, 0.25) is 0 Å². The summed E-state index contributed by atoms with van der Waals surface area (Å²) in [6.45, 7) is 4.01. The molecule has 2 aromatic rings. The van der Waals surface area contributed by atoms with E-state index < -0.39 is 14.9 Å². The van der Waals surface area contributed by atoms with E-state index in [-0.39, 0.29) is 22.3 Å². The Bertz CT molecular complexity index is 863. The highest BCUT2D eigenvalue weighted by Gasteiger charge is 2.22. The van der Waals surface area contributed by atoms with Crippen molar-refractivity contribution in [1.82, 2.24) is 0 Å². The second-order valence-corrected chi connectivity index (χ2v) is 7.13. The fourth-order valence-electron chi connectivity index (χ4n) is 2.16. The molecule has 0 amide bonds. The average molecular weight is 350 g/mol. The van der Waals surface area contributed by atoms with Gasteiger partial charge in [-0.3, -0.25) is 14.8 Å². The van der Waals surface area contributed by atoms with Gasteiger partial charge in [0.05, 0.1) is 18.1 Å². The summed E-state index contributed by atoms with van der Waals surface area (Å²) < 4.78 is 32.6. The molecule has 7 nitrogen and oxygen atoms in total. The monoisotopic (exact) mass is 350 g/mol. The number of nitro benzene ring substituents is 1. The molecule has 0 radical (unpaired) electrons. The van der Waals surface area contributed by atoms with E-state index in [4.69, 9.17) is 4.74 Å². The molecule has 8 heteroatoms. The van der Waals surface area contributed by atoms with Crippen LogP contribution in [-0.4, -0.2) is 20.5 Å². The van der Waals surface area contributed by atoms with Gasteiger partial charge < -0.3 is 4.74 Å². The maximum atomic E-state index is 12.6. The van der Waals surface area contributed by atoms with E-state index >= 15 is 0 Å². The molecule has 0 unspecified atom stereocenters. The summed E-state index contributed by atoms with van der Waals surface area (Å²) in [4.78, 5) is 10.0. The zero-order valence-electron chi connectivity index (χ0n) is 13.5. The molecule has 128 valence electrons. The molecule has 2 rings (SSSR count). The van der Waals surface area contributed by atoms with Gasteiger partial charge in [-0.1, -0.05) is 26.0 Å². The third kappa shape index (κ3) is 3.83. The number of ether oxygens (including phenoxy) is 1. The van der Waals surface area contributed by atoms with Crippen LogP contribution in [0.5, 0.6) is 5.75 Å². The van der Waals surface area contributed by atoms with Crippen molar-refractivity contribution in [3.05, 3.63) is 58.1 Å². The topological polar surface area (TPSA) is 98.5 Å². The molecular weight excluding hydrogens is 332 g/mol. The van der Waals surface area contributed by atoms with Gasteiger partial charge in [-0.2, -0.15) is 0 Å². The Morgan fingerprint density at radius 1 is 1.17 bits per heavy atom. The lowest BCUT2D eigenvalue weighted by molar-refractivity contribution is -0.385. The first-order chi connectivity index (χ1) is 11.2. The summed E-state index contributed by atoms with van der Waals surface area (Å²) in [6, 6.07) is 10.4. The normalized spacial score (nSPS) is 11.3. The Balaban J connectivity index is 2.40. The predicted octanol–water partition coefficient (Wildman–Crippen LogP) is 3.53. The Kier molecular flexibility index (Phi) is 5.08. The van der Waals surface area contributed by atoms with E-state index in [2.05, 4.69) is 4.72 Å². The SMILES string of the molecule is COc1cc([N+](=O)[O-])ccc1S(=O)(=O)Nc1cccc(C(C)C)c1. The molecule has 0 aliphatic rings. The molecule has 0 saturated heterocycles. The largest absolute Gasteiger partial charge is 0.495 e. The van der Waals surface area contributed by atoms with Crippen molar-refractivity contribution in [3.63, 3.8) is 0 Å². The van der Waals surface area contributed by atoms with Crippen LogP contribution in [0.2, 0.25) is 0 Å². The van der Waals surface area contributed by atoms with Crippen LogP contribution in [-0.2, 0) is 10.0 Å². The van der Waals surface area contributed by atoms with E-state index in [1.165, 1.54) is 7.11 Å². The summed E-state index contributed by atoms with van der Waals surface area (Å²) in [6.07, 6.45) is 0. The molecule has 0 bridgehead atoms. The van der Waals surface area contributed by atoms with Gasteiger partial charge in [0, 0.05) is 11.8 Å². The molecule has 0 aliphatic heterocycles. The van der Waals surface area contributed by atoms with Gasteiger partial charge in [0.15, 0.2) is 0 Å². The molecule has 0 heterocycles. The van der Waals surface area contributed by atoms with Crippen molar-refractivity contribution < 1.29 is 18.1 Å². The van der Waals surface area contributed by atoms with E-state index in [9.17, 15) is 18.5 Å². The van der Waals surface area contributed by atoms with Crippen molar-refractivity contribution >= 4 is 21.4 Å². The Labute approximate surface area is 140 Å². The fraction of sp³-hybridized carbons (Fsp3) is 0.250. The third-order valence-corrected chi connectivity index (χ3v) is 4.87. The van der Waals surface area contributed by atoms with E-state index in [1.807, 2.05) is 19.9 Å². The zero-order chi connectivity index (χ0) is 17.9. The number of nitro groups is 1. The van der Waals surface area contributed by atoms with Crippen molar-refractivity contribution in [3.8, 4) is 5.75 Å². The van der Waals surface area contributed by atoms with Gasteiger partial charge in [-0.25, -0.2) is 8.42 Å². The maximum absolute atomic E-state index is 12.6. The molecule has 0 aromatic heterocycles. The summed E-state index contributed by atoms with van der Waals surface area (Å²) in [5.41, 5.74) is 1.17. The highest BCUT2D eigenvalue weighted by Crippen LogP contribution is 2.30. The molecule has 2 aromatic carbocycles. The minimum atomic E-state index is -3.94. The first kappa shape index (κ1) is 17.7. The number of rotatable bonds is 6. The van der Waals surface area contributed by atoms with Crippen LogP contribution in [0.1, 0.15) is 25.3 Å². The lowest BCUT2D eigenvalue weighted by Crippen LogP contribution is -2.14. The van der Waals surface area contributed by atoms with Crippen LogP contribution in [0, 0.1) is 10.1 Å². The highest BCUT2D eigenvalue weighted by molar-refractivity contribution is 7.92. The minimum absolute atomic E-state index is 0.0864. The van der Waals surface area contributed by atoms with Crippen molar-refractivity contribution in [2.24, 2.45) is 0 Å². The number of sulfonamides is 1. The maximum Gasteiger partial charge on any atom is 0.273 e. The summed E-state index contributed by atoms with van der Waals surface area (Å²) in [5.74, 6) is 0.167. The van der Waals surface area contributed by atoms with Crippen molar-refractivity contribution in [1.29, 1.82) is 0 Å². The Hall–Kier alpha value is -2.61. The first-order valence-electron chi connectivity index (χ1n) is 7.20. The first-order valence-corrected chi connectivity index (χ1v) is 8.68. The van der Waals surface area contributed by atoms with Gasteiger partial charge >= 0.3 is 0 Å². The Morgan fingerprint density at radius 3 is 2.46 bits per heavy atom. The number of non-ortho nitro benzene ring substituents is 1. The number of hydrogen-bond acceptors (Lipinski definition) is 5.